The summed E-state index contributed by atoms with van der Waals surface area (Å²) in [5.41, 5.74) is 0.887. The second kappa shape index (κ2) is 11.7. The van der Waals surface area contributed by atoms with Crippen LogP contribution in [0, 0.1) is 5.92 Å². The molecule has 0 aromatic heterocycles. The molecule has 3 fully saturated rings. The number of nitrogens with one attached hydrogen (secondary N) is 2. The van der Waals surface area contributed by atoms with Gasteiger partial charge in [0, 0.05) is 19.4 Å². The zero-order chi connectivity index (χ0) is 26.5. The number of hydrogen-bond donors (Lipinski definition) is 2. The second-order valence-electron chi connectivity index (χ2n) is 10.1. The molecule has 2 N–H and O–H groups in total. The number of nitrogens with zero attached hydrogens (tertiary/aromatic N) is 2. The van der Waals surface area contributed by atoms with E-state index < -0.39 is 42.2 Å². The van der Waals surface area contributed by atoms with Crippen LogP contribution in [0.4, 0.5) is 0 Å². The fourth-order valence-electron chi connectivity index (χ4n) is 4.87. The summed E-state index contributed by atoms with van der Waals surface area (Å²) in [5, 5.41) is 8.08. The highest BCUT2D eigenvalue weighted by Gasteiger charge is 2.46. The Morgan fingerprint density at radius 3 is 2.59 bits per heavy atom. The normalized spacial score (nSPS) is 26.0. The van der Waals surface area contributed by atoms with Gasteiger partial charge in [0.15, 0.2) is 0 Å². The van der Waals surface area contributed by atoms with E-state index in [-0.39, 0.29) is 50.0 Å². The first kappa shape index (κ1) is 26.6. The van der Waals surface area contributed by atoms with Gasteiger partial charge in [-0.05, 0) is 30.7 Å². The van der Waals surface area contributed by atoms with Crippen molar-refractivity contribution in [2.45, 2.75) is 83.4 Å². The quantitative estimate of drug-likeness (QED) is 0.495. The van der Waals surface area contributed by atoms with Crippen molar-refractivity contribution >= 4 is 29.6 Å². The standard InChI is InChI=1S/C26H34N4O7/c1-16(2)13-21(31)27-18-10-11-22(32)29-12-6-9-20(30(29)25(18)35)24(34)28-19-14-23(33)37-26(19)36-15-17-7-4-3-5-8-17/h3-5,7-8,16,18-20,26H,6,9-15H2,1-2H3,(H,27,31)(H,28,34)/t18-,19-,20-,26?/m0/s1. The van der Waals surface area contributed by atoms with E-state index in [1.165, 1.54) is 10.0 Å². The Bertz CT molecular complexity index is 1030. The van der Waals surface area contributed by atoms with Crippen LogP contribution in [0.2, 0.25) is 0 Å². The lowest BCUT2D eigenvalue weighted by Gasteiger charge is -2.43. The van der Waals surface area contributed by atoms with Gasteiger partial charge in [0.1, 0.15) is 18.1 Å². The Morgan fingerprint density at radius 2 is 1.86 bits per heavy atom. The SMILES string of the molecule is CC(C)CC(=O)N[C@H]1CCC(=O)N2CCC[C@@H](C(=O)N[C@H]3CC(=O)OC3OCc3ccccc3)N2C1=O. The van der Waals surface area contributed by atoms with Gasteiger partial charge in [-0.2, -0.15) is 0 Å². The van der Waals surface area contributed by atoms with Crippen molar-refractivity contribution in [3.05, 3.63) is 35.9 Å². The van der Waals surface area contributed by atoms with Crippen LogP contribution in [0.1, 0.15) is 57.9 Å². The van der Waals surface area contributed by atoms with Gasteiger partial charge in [0.25, 0.3) is 5.91 Å². The highest BCUT2D eigenvalue weighted by Crippen LogP contribution is 2.26. The summed E-state index contributed by atoms with van der Waals surface area (Å²) in [5.74, 6) is -1.92. The average molecular weight is 515 g/mol. The van der Waals surface area contributed by atoms with Crippen LogP contribution >= 0.6 is 0 Å². The lowest BCUT2D eigenvalue weighted by molar-refractivity contribution is -0.178. The van der Waals surface area contributed by atoms with Gasteiger partial charge in [0.2, 0.25) is 24.0 Å². The third kappa shape index (κ3) is 6.46. The molecule has 0 saturated carbocycles. The van der Waals surface area contributed by atoms with Crippen LogP contribution in [-0.4, -0.2) is 70.6 Å². The molecule has 200 valence electrons. The third-order valence-corrected chi connectivity index (χ3v) is 6.64. The number of esters is 1. The number of carbonyl (C=O) groups excluding carboxylic acids is 5. The maximum atomic E-state index is 13.5. The van der Waals surface area contributed by atoms with Gasteiger partial charge in [-0.25, -0.2) is 5.01 Å². The molecule has 3 aliphatic heterocycles. The number of rotatable bonds is 8. The van der Waals surface area contributed by atoms with Crippen molar-refractivity contribution in [2.75, 3.05) is 6.54 Å². The molecule has 4 amide bonds. The molecule has 1 aromatic rings. The number of amides is 4. The minimum atomic E-state index is -0.971. The summed E-state index contributed by atoms with van der Waals surface area (Å²) < 4.78 is 11.0. The van der Waals surface area contributed by atoms with Crippen molar-refractivity contribution in [3.8, 4) is 0 Å². The van der Waals surface area contributed by atoms with E-state index >= 15 is 0 Å². The number of benzene rings is 1. The smallest absolute Gasteiger partial charge is 0.310 e. The van der Waals surface area contributed by atoms with E-state index in [9.17, 15) is 24.0 Å². The molecular weight excluding hydrogens is 480 g/mol. The Morgan fingerprint density at radius 1 is 1.11 bits per heavy atom. The molecule has 4 atom stereocenters. The van der Waals surface area contributed by atoms with Gasteiger partial charge >= 0.3 is 5.97 Å². The van der Waals surface area contributed by atoms with Gasteiger partial charge in [0.05, 0.1) is 13.0 Å². The average Bonchev–Trinajstić information content (AvgIpc) is 3.17. The van der Waals surface area contributed by atoms with Crippen molar-refractivity contribution in [1.29, 1.82) is 0 Å². The van der Waals surface area contributed by atoms with Crippen LogP contribution in [0.15, 0.2) is 30.3 Å². The molecule has 4 rings (SSSR count). The zero-order valence-corrected chi connectivity index (χ0v) is 21.2. The number of ether oxygens (including phenoxy) is 2. The number of fused-ring (bicyclic) bond motifs is 1. The van der Waals surface area contributed by atoms with Gasteiger partial charge in [-0.1, -0.05) is 44.2 Å². The fourth-order valence-corrected chi connectivity index (χ4v) is 4.87. The van der Waals surface area contributed by atoms with Gasteiger partial charge in [-0.3, -0.25) is 29.0 Å². The fraction of sp³-hybridized carbons (Fsp3) is 0.577. The summed E-state index contributed by atoms with van der Waals surface area (Å²) in [7, 11) is 0. The summed E-state index contributed by atoms with van der Waals surface area (Å²) in [4.78, 5) is 64.2. The van der Waals surface area contributed by atoms with E-state index in [0.29, 0.717) is 19.4 Å². The van der Waals surface area contributed by atoms with E-state index in [1.54, 1.807) is 0 Å². The molecule has 0 bridgehead atoms. The summed E-state index contributed by atoms with van der Waals surface area (Å²) in [6.07, 6.45) is 0.346. The summed E-state index contributed by atoms with van der Waals surface area (Å²) in [6.45, 7) is 4.31. The van der Waals surface area contributed by atoms with Crippen LogP contribution in [0.25, 0.3) is 0 Å². The highest BCUT2D eigenvalue weighted by atomic mass is 16.7. The second-order valence-corrected chi connectivity index (χ2v) is 10.1. The molecule has 11 heteroatoms. The van der Waals surface area contributed by atoms with Crippen LogP contribution in [-0.2, 0) is 40.1 Å². The van der Waals surface area contributed by atoms with Crippen molar-refractivity contribution in [3.63, 3.8) is 0 Å². The van der Waals surface area contributed by atoms with Crippen LogP contribution < -0.4 is 10.6 Å². The van der Waals surface area contributed by atoms with E-state index in [4.69, 9.17) is 9.47 Å². The summed E-state index contributed by atoms with van der Waals surface area (Å²) in [6, 6.07) is 6.77. The molecule has 0 spiro atoms. The Labute approximate surface area is 215 Å². The van der Waals surface area contributed by atoms with E-state index in [0.717, 1.165) is 5.56 Å². The van der Waals surface area contributed by atoms with E-state index in [2.05, 4.69) is 10.6 Å². The topological polar surface area (TPSA) is 134 Å². The lowest BCUT2D eigenvalue weighted by atomic mass is 10.0. The number of carbonyl (C=O) groups is 5. The number of cyclic esters (lactones) is 1. The number of hydrazine groups is 1. The summed E-state index contributed by atoms with van der Waals surface area (Å²) >= 11 is 0. The highest BCUT2D eigenvalue weighted by molar-refractivity contribution is 5.95. The number of hydrogen-bond acceptors (Lipinski definition) is 7. The van der Waals surface area contributed by atoms with Crippen LogP contribution in [0.5, 0.6) is 0 Å². The molecule has 3 aliphatic rings. The Balaban J connectivity index is 1.45. The lowest BCUT2D eigenvalue weighted by Crippen LogP contribution is -2.64. The molecule has 37 heavy (non-hydrogen) atoms. The van der Waals surface area contributed by atoms with Gasteiger partial charge in [-0.15, -0.1) is 0 Å². The first-order valence-electron chi connectivity index (χ1n) is 12.8. The molecule has 1 aromatic carbocycles. The monoisotopic (exact) mass is 514 g/mol. The molecule has 11 nitrogen and oxygen atoms in total. The molecular formula is C26H34N4O7. The minimum Gasteiger partial charge on any atom is -0.433 e. The first-order chi connectivity index (χ1) is 17.7. The largest absolute Gasteiger partial charge is 0.433 e. The first-order valence-corrected chi connectivity index (χ1v) is 12.8. The van der Waals surface area contributed by atoms with Crippen molar-refractivity contribution in [1.82, 2.24) is 20.7 Å². The Kier molecular flexibility index (Phi) is 8.42. The molecule has 0 radical (unpaired) electrons. The predicted molar refractivity (Wildman–Crippen MR) is 130 cm³/mol. The molecule has 3 heterocycles. The van der Waals surface area contributed by atoms with Gasteiger partial charge < -0.3 is 20.1 Å². The molecule has 3 saturated heterocycles. The zero-order valence-electron chi connectivity index (χ0n) is 21.2. The van der Waals surface area contributed by atoms with E-state index in [1.807, 2.05) is 44.2 Å². The maximum Gasteiger partial charge on any atom is 0.310 e. The molecule has 0 aliphatic carbocycles. The van der Waals surface area contributed by atoms with Crippen LogP contribution in [0.3, 0.4) is 0 Å². The molecule has 1 unspecified atom stereocenters. The minimum absolute atomic E-state index is 0.0671. The maximum absolute atomic E-state index is 13.5. The third-order valence-electron chi connectivity index (χ3n) is 6.64. The van der Waals surface area contributed by atoms with Crippen molar-refractivity contribution in [2.24, 2.45) is 5.92 Å². The Hall–Kier alpha value is -3.47. The van der Waals surface area contributed by atoms with Crippen molar-refractivity contribution < 1.29 is 33.4 Å². The predicted octanol–water partition coefficient (Wildman–Crippen LogP) is 1.02.